The first-order chi connectivity index (χ1) is 6.20. The third-order valence-electron chi connectivity index (χ3n) is 1.62. The molecule has 0 aliphatic heterocycles. The van der Waals surface area contributed by atoms with Crippen molar-refractivity contribution in [3.8, 4) is 5.75 Å². The summed E-state index contributed by atoms with van der Waals surface area (Å²) in [6, 6.07) is 4.60. The number of methoxy groups -OCH3 is 1. The van der Waals surface area contributed by atoms with Crippen molar-refractivity contribution in [3.05, 3.63) is 28.8 Å². The van der Waals surface area contributed by atoms with Crippen molar-refractivity contribution in [1.29, 1.82) is 0 Å². The van der Waals surface area contributed by atoms with Gasteiger partial charge < -0.3 is 4.74 Å². The summed E-state index contributed by atoms with van der Waals surface area (Å²) in [6.45, 7) is 0. The quantitative estimate of drug-likeness (QED) is 0.705. The second kappa shape index (κ2) is 4.23. The molecule has 0 amide bonds. The predicted octanol–water partition coefficient (Wildman–Crippen LogP) is 2.56. The first kappa shape index (κ1) is 9.99. The number of hydrogen-bond donors (Lipinski definition) is 0. The maximum Gasteiger partial charge on any atom is 0.184 e. The Bertz CT molecular complexity index is 314. The lowest BCUT2D eigenvalue weighted by atomic mass is 10.1. The van der Waals surface area contributed by atoms with Crippen molar-refractivity contribution < 1.29 is 13.9 Å². The van der Waals surface area contributed by atoms with E-state index in [-0.39, 0.29) is 17.6 Å². The fourth-order valence-corrected chi connectivity index (χ4v) is 1.29. The number of alkyl halides is 1. The highest BCUT2D eigenvalue weighted by Gasteiger charge is 2.15. The van der Waals surface area contributed by atoms with E-state index in [0.717, 1.165) is 0 Å². The van der Waals surface area contributed by atoms with E-state index in [1.165, 1.54) is 13.2 Å². The Balaban J connectivity index is 3.19. The standard InChI is InChI=1S/C9H8ClFO2/c1-13-9-6(8(11)5-12)3-2-4-7(9)10/h2-5,8H,1H3. The van der Waals surface area contributed by atoms with Crippen molar-refractivity contribution >= 4 is 17.9 Å². The minimum absolute atomic E-state index is 0.157. The van der Waals surface area contributed by atoms with Crippen LogP contribution in [-0.4, -0.2) is 13.4 Å². The van der Waals surface area contributed by atoms with Crippen LogP contribution in [0.15, 0.2) is 18.2 Å². The normalized spacial score (nSPS) is 12.2. The van der Waals surface area contributed by atoms with Crippen LogP contribution < -0.4 is 4.74 Å². The SMILES string of the molecule is COc1c(Cl)cccc1C(F)C=O. The summed E-state index contributed by atoms with van der Waals surface area (Å²) < 4.78 is 17.9. The zero-order valence-corrected chi connectivity index (χ0v) is 7.72. The summed E-state index contributed by atoms with van der Waals surface area (Å²) in [4.78, 5) is 10.2. The summed E-state index contributed by atoms with van der Waals surface area (Å²) >= 11 is 5.72. The van der Waals surface area contributed by atoms with Gasteiger partial charge in [-0.2, -0.15) is 0 Å². The van der Waals surface area contributed by atoms with E-state index in [4.69, 9.17) is 16.3 Å². The van der Waals surface area contributed by atoms with Gasteiger partial charge in [0.2, 0.25) is 0 Å². The van der Waals surface area contributed by atoms with Gasteiger partial charge in [0, 0.05) is 5.56 Å². The van der Waals surface area contributed by atoms with Crippen LogP contribution in [0.25, 0.3) is 0 Å². The minimum atomic E-state index is -1.69. The molecule has 1 unspecified atom stereocenters. The van der Waals surface area contributed by atoms with Crippen LogP contribution in [0.5, 0.6) is 5.75 Å². The molecule has 1 atom stereocenters. The molecule has 0 fully saturated rings. The fraction of sp³-hybridized carbons (Fsp3) is 0.222. The van der Waals surface area contributed by atoms with Gasteiger partial charge in [-0.3, -0.25) is 4.79 Å². The zero-order chi connectivity index (χ0) is 9.84. The number of carbonyl (C=O) groups excluding carboxylic acids is 1. The summed E-state index contributed by atoms with van der Waals surface area (Å²) in [5, 5.41) is 0.296. The third kappa shape index (κ3) is 1.98. The van der Waals surface area contributed by atoms with E-state index >= 15 is 0 Å². The van der Waals surface area contributed by atoms with Crippen LogP contribution in [0.4, 0.5) is 4.39 Å². The van der Waals surface area contributed by atoms with Crippen LogP contribution >= 0.6 is 11.6 Å². The van der Waals surface area contributed by atoms with E-state index in [2.05, 4.69) is 0 Å². The Labute approximate surface area is 80.3 Å². The van der Waals surface area contributed by atoms with Gasteiger partial charge in [-0.15, -0.1) is 0 Å². The van der Waals surface area contributed by atoms with Gasteiger partial charge in [0.25, 0.3) is 0 Å². The molecule has 0 N–H and O–H groups in total. The number of ether oxygens (including phenoxy) is 1. The molecule has 0 aliphatic carbocycles. The molecule has 0 spiro atoms. The molecule has 0 radical (unpaired) electrons. The van der Waals surface area contributed by atoms with Gasteiger partial charge in [-0.25, -0.2) is 4.39 Å². The van der Waals surface area contributed by atoms with Crippen molar-refractivity contribution in [3.63, 3.8) is 0 Å². The van der Waals surface area contributed by atoms with Crippen LogP contribution in [0.3, 0.4) is 0 Å². The van der Waals surface area contributed by atoms with E-state index < -0.39 is 6.17 Å². The third-order valence-corrected chi connectivity index (χ3v) is 1.92. The Morgan fingerprint density at radius 2 is 2.31 bits per heavy atom. The molecule has 0 saturated heterocycles. The molecular weight excluding hydrogens is 195 g/mol. The Morgan fingerprint density at radius 3 is 2.85 bits per heavy atom. The second-order valence-corrected chi connectivity index (χ2v) is 2.81. The Morgan fingerprint density at radius 1 is 1.62 bits per heavy atom. The lowest BCUT2D eigenvalue weighted by Crippen LogP contribution is -1.97. The average Bonchev–Trinajstić information content (AvgIpc) is 2.16. The number of aldehydes is 1. The molecular formula is C9H8ClFO2. The Kier molecular flexibility index (Phi) is 3.25. The van der Waals surface area contributed by atoms with E-state index in [1.807, 2.05) is 0 Å². The van der Waals surface area contributed by atoms with Gasteiger partial charge in [0.15, 0.2) is 12.5 Å². The second-order valence-electron chi connectivity index (χ2n) is 2.40. The molecule has 0 heterocycles. The number of benzene rings is 1. The maximum atomic E-state index is 13.0. The number of hydrogen-bond acceptors (Lipinski definition) is 2. The van der Waals surface area contributed by atoms with Crippen LogP contribution in [0.1, 0.15) is 11.7 Å². The monoisotopic (exact) mass is 202 g/mol. The molecule has 13 heavy (non-hydrogen) atoms. The molecule has 0 bridgehead atoms. The first-order valence-electron chi connectivity index (χ1n) is 3.62. The van der Waals surface area contributed by atoms with Crippen molar-refractivity contribution in [2.24, 2.45) is 0 Å². The topological polar surface area (TPSA) is 26.3 Å². The van der Waals surface area contributed by atoms with Gasteiger partial charge in [-0.1, -0.05) is 23.7 Å². The summed E-state index contributed by atoms with van der Waals surface area (Å²) in [5.41, 5.74) is 0.157. The maximum absolute atomic E-state index is 13.0. The zero-order valence-electron chi connectivity index (χ0n) is 6.96. The lowest BCUT2D eigenvalue weighted by molar-refractivity contribution is -0.112. The largest absolute Gasteiger partial charge is 0.495 e. The number of para-hydroxylation sites is 1. The smallest absolute Gasteiger partial charge is 0.184 e. The molecule has 0 saturated carbocycles. The van der Waals surface area contributed by atoms with Gasteiger partial charge in [0.1, 0.15) is 5.75 Å². The van der Waals surface area contributed by atoms with Gasteiger partial charge in [-0.05, 0) is 6.07 Å². The Hall–Kier alpha value is -1.09. The summed E-state index contributed by atoms with van der Waals surface area (Å²) in [5.74, 6) is 0.212. The minimum Gasteiger partial charge on any atom is -0.495 e. The van der Waals surface area contributed by atoms with Crippen molar-refractivity contribution in [2.75, 3.05) is 7.11 Å². The first-order valence-corrected chi connectivity index (χ1v) is 4.00. The van der Waals surface area contributed by atoms with Crippen molar-refractivity contribution in [2.45, 2.75) is 6.17 Å². The van der Waals surface area contributed by atoms with E-state index in [0.29, 0.717) is 5.02 Å². The molecule has 2 nitrogen and oxygen atoms in total. The summed E-state index contributed by atoms with van der Waals surface area (Å²) in [6.07, 6.45) is -1.48. The number of carbonyl (C=O) groups is 1. The highest BCUT2D eigenvalue weighted by Crippen LogP contribution is 2.33. The van der Waals surface area contributed by atoms with E-state index in [1.54, 1.807) is 12.1 Å². The molecule has 70 valence electrons. The summed E-state index contributed by atoms with van der Waals surface area (Å²) in [7, 11) is 1.38. The van der Waals surface area contributed by atoms with Crippen LogP contribution in [-0.2, 0) is 4.79 Å². The lowest BCUT2D eigenvalue weighted by Gasteiger charge is -2.09. The van der Waals surface area contributed by atoms with Gasteiger partial charge >= 0.3 is 0 Å². The molecule has 1 aromatic carbocycles. The molecule has 1 rings (SSSR count). The van der Waals surface area contributed by atoms with E-state index in [9.17, 15) is 9.18 Å². The highest BCUT2D eigenvalue weighted by atomic mass is 35.5. The predicted molar refractivity (Wildman–Crippen MR) is 47.9 cm³/mol. The molecule has 4 heteroatoms. The fourth-order valence-electron chi connectivity index (χ4n) is 1.03. The molecule has 0 aliphatic rings. The van der Waals surface area contributed by atoms with Crippen molar-refractivity contribution in [1.82, 2.24) is 0 Å². The molecule has 0 aromatic heterocycles. The van der Waals surface area contributed by atoms with Gasteiger partial charge in [0.05, 0.1) is 12.1 Å². The number of rotatable bonds is 3. The van der Waals surface area contributed by atoms with Crippen LogP contribution in [0.2, 0.25) is 5.02 Å². The average molecular weight is 203 g/mol. The number of halogens is 2. The molecule has 1 aromatic rings. The highest BCUT2D eigenvalue weighted by molar-refractivity contribution is 6.32. The van der Waals surface area contributed by atoms with Crippen LogP contribution in [0, 0.1) is 0 Å².